The third-order valence-corrected chi connectivity index (χ3v) is 3.50. The second kappa shape index (κ2) is 3.69. The normalized spacial score (nSPS) is 12.0. The van der Waals surface area contributed by atoms with E-state index in [0.717, 1.165) is 17.4 Å². The van der Waals surface area contributed by atoms with Crippen LogP contribution in [0.25, 0.3) is 10.2 Å². The average molecular weight is 261 g/mol. The van der Waals surface area contributed by atoms with Crippen molar-refractivity contribution in [1.82, 2.24) is 4.98 Å². The van der Waals surface area contributed by atoms with Crippen molar-refractivity contribution in [2.75, 3.05) is 0 Å². The highest BCUT2D eigenvalue weighted by Gasteiger charge is 2.31. The van der Waals surface area contributed by atoms with Crippen LogP contribution in [0, 0.1) is 6.92 Å². The highest BCUT2D eigenvalue weighted by molar-refractivity contribution is 7.20. The Kier molecular flexibility index (Phi) is 2.57. The fraction of sp³-hybridized carbons (Fsp3) is 0.200. The lowest BCUT2D eigenvalue weighted by Gasteiger charge is -2.04. The molecule has 0 saturated carbocycles. The largest absolute Gasteiger partial charge is 0.477 e. The molecule has 0 spiro atoms. The minimum absolute atomic E-state index is 0.0202. The number of carboxylic acids is 1. The van der Waals surface area contributed by atoms with E-state index < -0.39 is 17.7 Å². The number of pyridine rings is 1. The van der Waals surface area contributed by atoms with E-state index in [1.807, 2.05) is 0 Å². The van der Waals surface area contributed by atoms with Gasteiger partial charge in [-0.05, 0) is 13.0 Å². The van der Waals surface area contributed by atoms with Crippen molar-refractivity contribution >= 4 is 27.5 Å². The first-order valence-corrected chi connectivity index (χ1v) is 5.32. The standard InChI is InChI=1S/C10H6F3NO2S/c1-4-7-6(17-8(4)9(15)16)2-5(3-14-7)10(11,12)13/h2-3H,1H3,(H,15,16). The van der Waals surface area contributed by atoms with Gasteiger partial charge in [0.25, 0.3) is 0 Å². The molecule has 0 bridgehead atoms. The number of thiophene rings is 1. The first-order valence-electron chi connectivity index (χ1n) is 4.50. The molecule has 0 atom stereocenters. The Morgan fingerprint density at radius 1 is 1.47 bits per heavy atom. The second-order valence-electron chi connectivity index (χ2n) is 3.43. The van der Waals surface area contributed by atoms with Gasteiger partial charge in [0, 0.05) is 11.8 Å². The summed E-state index contributed by atoms with van der Waals surface area (Å²) < 4.78 is 37.5. The van der Waals surface area contributed by atoms with Gasteiger partial charge < -0.3 is 5.11 Å². The van der Waals surface area contributed by atoms with E-state index in [-0.39, 0.29) is 9.58 Å². The molecule has 1 N–H and O–H groups in total. The molecule has 0 amide bonds. The van der Waals surface area contributed by atoms with Gasteiger partial charge >= 0.3 is 12.1 Å². The molecular formula is C10H6F3NO2S. The highest BCUT2D eigenvalue weighted by atomic mass is 32.1. The zero-order valence-corrected chi connectivity index (χ0v) is 9.32. The molecule has 0 fully saturated rings. The van der Waals surface area contributed by atoms with Crippen molar-refractivity contribution in [1.29, 1.82) is 0 Å². The van der Waals surface area contributed by atoms with E-state index >= 15 is 0 Å². The van der Waals surface area contributed by atoms with E-state index in [1.165, 1.54) is 6.92 Å². The zero-order valence-electron chi connectivity index (χ0n) is 8.50. The predicted molar refractivity (Wildman–Crippen MR) is 56.3 cm³/mol. The van der Waals surface area contributed by atoms with Gasteiger partial charge in [-0.25, -0.2) is 4.79 Å². The summed E-state index contributed by atoms with van der Waals surface area (Å²) in [6.07, 6.45) is -3.75. The van der Waals surface area contributed by atoms with E-state index in [4.69, 9.17) is 5.11 Å². The summed E-state index contributed by atoms with van der Waals surface area (Å²) in [5.74, 6) is -1.15. The Balaban J connectivity index is 2.68. The number of nitrogens with zero attached hydrogens (tertiary/aromatic N) is 1. The minimum atomic E-state index is -4.47. The molecule has 3 nitrogen and oxygen atoms in total. The first-order chi connectivity index (χ1) is 7.80. The molecule has 17 heavy (non-hydrogen) atoms. The number of halogens is 3. The molecule has 0 aromatic carbocycles. The van der Waals surface area contributed by atoms with Crippen molar-refractivity contribution in [2.45, 2.75) is 13.1 Å². The Bertz CT molecular complexity index is 603. The summed E-state index contributed by atoms with van der Waals surface area (Å²) in [4.78, 5) is 14.5. The van der Waals surface area contributed by atoms with Crippen LogP contribution in [-0.4, -0.2) is 16.1 Å². The monoisotopic (exact) mass is 261 g/mol. The van der Waals surface area contributed by atoms with Gasteiger partial charge in [-0.2, -0.15) is 13.2 Å². The number of alkyl halides is 3. The van der Waals surface area contributed by atoms with Crippen LogP contribution in [0.4, 0.5) is 13.2 Å². The van der Waals surface area contributed by atoms with Crippen molar-refractivity contribution in [3.05, 3.63) is 28.3 Å². The second-order valence-corrected chi connectivity index (χ2v) is 4.48. The molecule has 2 rings (SSSR count). The fourth-order valence-corrected chi connectivity index (χ4v) is 2.50. The van der Waals surface area contributed by atoms with Gasteiger partial charge in [0.15, 0.2) is 0 Å². The van der Waals surface area contributed by atoms with Crippen molar-refractivity contribution in [3.63, 3.8) is 0 Å². The number of rotatable bonds is 1. The molecule has 2 aromatic heterocycles. The highest BCUT2D eigenvalue weighted by Crippen LogP contribution is 2.35. The average Bonchev–Trinajstić information content (AvgIpc) is 2.54. The molecule has 90 valence electrons. The molecule has 0 aliphatic heterocycles. The molecule has 2 aromatic rings. The van der Waals surface area contributed by atoms with Crippen LogP contribution in [0.5, 0.6) is 0 Å². The van der Waals surface area contributed by atoms with Crippen LogP contribution < -0.4 is 0 Å². The van der Waals surface area contributed by atoms with Gasteiger partial charge in [0.05, 0.1) is 15.8 Å². The predicted octanol–water partition coefficient (Wildman–Crippen LogP) is 3.32. The summed E-state index contributed by atoms with van der Waals surface area (Å²) in [7, 11) is 0. The summed E-state index contributed by atoms with van der Waals surface area (Å²) in [6.45, 7) is 1.53. The number of carbonyl (C=O) groups is 1. The minimum Gasteiger partial charge on any atom is -0.477 e. The summed E-state index contributed by atoms with van der Waals surface area (Å²) >= 11 is 0.800. The van der Waals surface area contributed by atoms with E-state index in [2.05, 4.69) is 4.98 Å². The van der Waals surface area contributed by atoms with Gasteiger partial charge in [-0.15, -0.1) is 11.3 Å². The number of aryl methyl sites for hydroxylation is 1. The Hall–Kier alpha value is -1.63. The van der Waals surface area contributed by atoms with Crippen molar-refractivity contribution in [3.8, 4) is 0 Å². The Labute approximate surface area is 97.5 Å². The maximum Gasteiger partial charge on any atom is 0.417 e. The van der Waals surface area contributed by atoms with Crippen LogP contribution >= 0.6 is 11.3 Å². The molecule has 0 aliphatic carbocycles. The van der Waals surface area contributed by atoms with E-state index in [1.54, 1.807) is 0 Å². The maximum absolute atomic E-state index is 12.4. The first kappa shape index (κ1) is 11.8. The number of fused-ring (bicyclic) bond motifs is 1. The van der Waals surface area contributed by atoms with Crippen molar-refractivity contribution < 1.29 is 23.1 Å². The molecule has 0 unspecified atom stereocenters. The van der Waals surface area contributed by atoms with Gasteiger partial charge in [-0.1, -0.05) is 0 Å². The number of aromatic carboxylic acids is 1. The summed E-state index contributed by atoms with van der Waals surface area (Å²) in [6, 6.07) is 0.923. The van der Waals surface area contributed by atoms with Crippen LogP contribution in [0.2, 0.25) is 0 Å². The topological polar surface area (TPSA) is 50.2 Å². The zero-order chi connectivity index (χ0) is 12.8. The molecule has 0 saturated heterocycles. The summed E-state index contributed by atoms with van der Waals surface area (Å²) in [5.41, 5.74) is -0.171. The van der Waals surface area contributed by atoms with Crippen LogP contribution in [0.3, 0.4) is 0 Å². The fourth-order valence-electron chi connectivity index (χ4n) is 1.46. The molecular weight excluding hydrogens is 255 g/mol. The summed E-state index contributed by atoms with van der Waals surface area (Å²) in [5, 5.41) is 8.86. The number of aromatic nitrogens is 1. The smallest absolute Gasteiger partial charge is 0.417 e. The maximum atomic E-state index is 12.4. The number of hydrogen-bond acceptors (Lipinski definition) is 3. The number of carboxylic acid groups (broad SMARTS) is 1. The SMILES string of the molecule is Cc1c(C(=O)O)sc2cc(C(F)(F)F)cnc12. The molecule has 0 aliphatic rings. The van der Waals surface area contributed by atoms with Gasteiger partial charge in [0.2, 0.25) is 0 Å². The van der Waals surface area contributed by atoms with Crippen LogP contribution in [0.1, 0.15) is 20.8 Å². The lowest BCUT2D eigenvalue weighted by molar-refractivity contribution is -0.137. The quantitative estimate of drug-likeness (QED) is 0.856. The van der Waals surface area contributed by atoms with Crippen molar-refractivity contribution in [2.24, 2.45) is 0 Å². The van der Waals surface area contributed by atoms with Gasteiger partial charge in [-0.3, -0.25) is 4.98 Å². The lowest BCUT2D eigenvalue weighted by atomic mass is 10.2. The Morgan fingerprint density at radius 2 is 2.12 bits per heavy atom. The lowest BCUT2D eigenvalue weighted by Crippen LogP contribution is -2.04. The Morgan fingerprint density at radius 3 is 2.65 bits per heavy atom. The van der Waals surface area contributed by atoms with Crippen LogP contribution in [-0.2, 0) is 6.18 Å². The number of hydrogen-bond donors (Lipinski definition) is 1. The molecule has 7 heteroatoms. The van der Waals surface area contributed by atoms with E-state index in [0.29, 0.717) is 17.3 Å². The molecule has 0 radical (unpaired) electrons. The third-order valence-electron chi connectivity index (χ3n) is 2.28. The van der Waals surface area contributed by atoms with E-state index in [9.17, 15) is 18.0 Å². The van der Waals surface area contributed by atoms with Crippen LogP contribution in [0.15, 0.2) is 12.3 Å². The third kappa shape index (κ3) is 1.97. The van der Waals surface area contributed by atoms with Gasteiger partial charge in [0.1, 0.15) is 4.88 Å². The molecule has 2 heterocycles.